The fourth-order valence-corrected chi connectivity index (χ4v) is 3.07. The third kappa shape index (κ3) is 2.51. The molecule has 0 aliphatic carbocycles. The fraction of sp³-hybridized carbons (Fsp3) is 0.333. The monoisotopic (exact) mass is 241 g/mol. The summed E-state index contributed by atoms with van der Waals surface area (Å²) in [5.74, 6) is 1.63. The molecule has 0 aliphatic rings. The molecule has 2 N–H and O–H groups in total. The molecule has 6 heteroatoms. The van der Waals surface area contributed by atoms with Gasteiger partial charge in [0.25, 0.3) is 0 Å². The van der Waals surface area contributed by atoms with Crippen molar-refractivity contribution in [2.45, 2.75) is 23.8 Å². The van der Waals surface area contributed by atoms with Crippen molar-refractivity contribution in [3.63, 3.8) is 0 Å². The van der Waals surface area contributed by atoms with Gasteiger partial charge in [0.1, 0.15) is 5.76 Å². The molecule has 80 valence electrons. The van der Waals surface area contributed by atoms with Crippen LogP contribution >= 0.6 is 23.1 Å². The van der Waals surface area contributed by atoms with Gasteiger partial charge >= 0.3 is 0 Å². The van der Waals surface area contributed by atoms with Gasteiger partial charge in [-0.1, -0.05) is 16.5 Å². The van der Waals surface area contributed by atoms with Crippen LogP contribution in [-0.2, 0) is 5.75 Å². The Morgan fingerprint density at radius 2 is 2.33 bits per heavy atom. The lowest BCUT2D eigenvalue weighted by molar-refractivity contribution is 0.393. The number of nitrogen functional groups attached to an aromatic ring is 1. The van der Waals surface area contributed by atoms with Crippen molar-refractivity contribution in [2.75, 3.05) is 5.73 Å². The van der Waals surface area contributed by atoms with Crippen molar-refractivity contribution in [1.82, 2.24) is 10.1 Å². The highest BCUT2D eigenvalue weighted by atomic mass is 32.2. The molecule has 0 spiro atoms. The fourth-order valence-electron chi connectivity index (χ4n) is 1.16. The lowest BCUT2D eigenvalue weighted by Crippen LogP contribution is -1.81. The third-order valence-electron chi connectivity index (χ3n) is 1.80. The summed E-state index contributed by atoms with van der Waals surface area (Å²) in [5, 5.41) is 4.54. The van der Waals surface area contributed by atoms with Crippen LogP contribution in [0.3, 0.4) is 0 Å². The van der Waals surface area contributed by atoms with Crippen molar-refractivity contribution < 1.29 is 4.52 Å². The van der Waals surface area contributed by atoms with E-state index in [0.29, 0.717) is 5.13 Å². The van der Waals surface area contributed by atoms with E-state index in [-0.39, 0.29) is 0 Å². The second kappa shape index (κ2) is 4.24. The Balaban J connectivity index is 2.01. The first-order valence-corrected chi connectivity index (χ1v) is 6.23. The van der Waals surface area contributed by atoms with Gasteiger partial charge in [-0.25, -0.2) is 4.98 Å². The number of anilines is 1. The molecule has 2 aromatic heterocycles. The van der Waals surface area contributed by atoms with Crippen LogP contribution in [0.25, 0.3) is 0 Å². The molecule has 0 aromatic carbocycles. The number of rotatable bonds is 3. The van der Waals surface area contributed by atoms with Gasteiger partial charge in [0.15, 0.2) is 5.13 Å². The second-order valence-electron chi connectivity index (χ2n) is 3.14. The number of aromatic nitrogens is 2. The number of thioether (sulfide) groups is 1. The van der Waals surface area contributed by atoms with E-state index in [0.717, 1.165) is 27.1 Å². The summed E-state index contributed by atoms with van der Waals surface area (Å²) in [7, 11) is 0. The smallest absolute Gasteiger partial charge is 0.181 e. The minimum Gasteiger partial charge on any atom is -0.375 e. The minimum absolute atomic E-state index is 0.617. The summed E-state index contributed by atoms with van der Waals surface area (Å²) < 4.78 is 6.13. The highest BCUT2D eigenvalue weighted by molar-refractivity contribution is 8.00. The molecule has 0 saturated carbocycles. The summed E-state index contributed by atoms with van der Waals surface area (Å²) in [6, 6.07) is 1.94. The number of hydrogen-bond acceptors (Lipinski definition) is 6. The second-order valence-corrected chi connectivity index (χ2v) is 5.42. The number of nitrogens with zero attached hydrogens (tertiary/aromatic N) is 2. The molecule has 0 amide bonds. The first kappa shape index (κ1) is 10.5. The molecule has 2 heterocycles. The molecular weight excluding hydrogens is 230 g/mol. The highest BCUT2D eigenvalue weighted by Crippen LogP contribution is 2.32. The molecule has 2 rings (SSSR count). The number of thiazole rings is 1. The van der Waals surface area contributed by atoms with Gasteiger partial charge in [0, 0.05) is 11.8 Å². The lowest BCUT2D eigenvalue weighted by atomic mass is 10.4. The number of aryl methyl sites for hydroxylation is 2. The van der Waals surface area contributed by atoms with E-state index in [1.54, 1.807) is 11.8 Å². The van der Waals surface area contributed by atoms with E-state index >= 15 is 0 Å². The molecular formula is C9H11N3OS2. The quantitative estimate of drug-likeness (QED) is 0.837. The van der Waals surface area contributed by atoms with Crippen LogP contribution in [0.15, 0.2) is 14.8 Å². The van der Waals surface area contributed by atoms with Gasteiger partial charge in [-0.2, -0.15) is 0 Å². The first-order valence-electron chi connectivity index (χ1n) is 4.43. The van der Waals surface area contributed by atoms with Gasteiger partial charge in [-0.05, 0) is 13.8 Å². The Morgan fingerprint density at radius 1 is 1.53 bits per heavy atom. The van der Waals surface area contributed by atoms with Gasteiger partial charge < -0.3 is 10.3 Å². The maximum Gasteiger partial charge on any atom is 0.181 e. The SMILES string of the molecule is Cc1cc(CSc2sc(N)nc2C)no1. The van der Waals surface area contributed by atoms with E-state index in [1.807, 2.05) is 19.9 Å². The average molecular weight is 241 g/mol. The van der Waals surface area contributed by atoms with Crippen LogP contribution in [-0.4, -0.2) is 10.1 Å². The molecule has 0 unspecified atom stereocenters. The zero-order valence-electron chi connectivity index (χ0n) is 8.48. The summed E-state index contributed by atoms with van der Waals surface area (Å²) in [4.78, 5) is 4.16. The van der Waals surface area contributed by atoms with Gasteiger partial charge in [0.2, 0.25) is 0 Å². The summed E-state index contributed by atoms with van der Waals surface area (Å²) >= 11 is 3.20. The first-order chi connectivity index (χ1) is 7.15. The van der Waals surface area contributed by atoms with E-state index in [9.17, 15) is 0 Å². The van der Waals surface area contributed by atoms with Gasteiger partial charge in [0.05, 0.1) is 15.6 Å². The summed E-state index contributed by atoms with van der Waals surface area (Å²) in [6.07, 6.45) is 0. The summed E-state index contributed by atoms with van der Waals surface area (Å²) in [6.45, 7) is 3.85. The number of nitrogens with two attached hydrogens (primary N) is 1. The lowest BCUT2D eigenvalue weighted by Gasteiger charge is -1.94. The van der Waals surface area contributed by atoms with Crippen LogP contribution in [0.1, 0.15) is 17.1 Å². The predicted molar refractivity (Wildman–Crippen MR) is 62.1 cm³/mol. The van der Waals surface area contributed by atoms with E-state index < -0.39 is 0 Å². The molecule has 0 saturated heterocycles. The van der Waals surface area contributed by atoms with Crippen molar-refractivity contribution in [2.24, 2.45) is 0 Å². The normalized spacial score (nSPS) is 10.8. The van der Waals surface area contributed by atoms with Crippen molar-refractivity contribution in [3.05, 3.63) is 23.2 Å². The maximum atomic E-state index is 5.61. The Bertz CT molecular complexity index is 464. The Hall–Kier alpha value is -1.01. The third-order valence-corrected chi connectivity index (χ3v) is 4.18. The predicted octanol–water partition coefficient (Wildman–Crippen LogP) is 2.62. The molecule has 0 fully saturated rings. The van der Waals surface area contributed by atoms with Gasteiger partial charge in [-0.15, -0.1) is 11.8 Å². The van der Waals surface area contributed by atoms with Crippen molar-refractivity contribution in [1.29, 1.82) is 0 Å². The standard InChI is InChI=1S/C9H11N3OS2/c1-5-3-7(12-13-5)4-14-8-6(2)11-9(10)15-8/h3H,4H2,1-2H3,(H2,10,11). The summed E-state index contributed by atoms with van der Waals surface area (Å²) in [5.41, 5.74) is 7.55. The van der Waals surface area contributed by atoms with Crippen molar-refractivity contribution >= 4 is 28.2 Å². The van der Waals surface area contributed by atoms with Crippen molar-refractivity contribution in [3.8, 4) is 0 Å². The molecule has 0 radical (unpaired) electrons. The highest BCUT2D eigenvalue weighted by Gasteiger charge is 2.07. The zero-order chi connectivity index (χ0) is 10.8. The molecule has 0 bridgehead atoms. The molecule has 2 aromatic rings. The zero-order valence-corrected chi connectivity index (χ0v) is 10.1. The molecule has 0 aliphatic heterocycles. The molecule has 0 atom stereocenters. The number of hydrogen-bond donors (Lipinski definition) is 1. The van der Waals surface area contributed by atoms with Crippen LogP contribution < -0.4 is 5.73 Å². The Morgan fingerprint density at radius 3 is 2.87 bits per heavy atom. The van der Waals surface area contributed by atoms with Crippen LogP contribution in [0, 0.1) is 13.8 Å². The maximum absolute atomic E-state index is 5.61. The van der Waals surface area contributed by atoms with Gasteiger partial charge in [-0.3, -0.25) is 0 Å². The van der Waals surface area contributed by atoms with Crippen LogP contribution in [0.2, 0.25) is 0 Å². The van der Waals surface area contributed by atoms with E-state index in [1.165, 1.54) is 11.3 Å². The van der Waals surface area contributed by atoms with E-state index in [2.05, 4.69) is 10.1 Å². The van der Waals surface area contributed by atoms with E-state index in [4.69, 9.17) is 10.3 Å². The largest absolute Gasteiger partial charge is 0.375 e. The molecule has 4 nitrogen and oxygen atoms in total. The van der Waals surface area contributed by atoms with Crippen LogP contribution in [0.4, 0.5) is 5.13 Å². The molecule has 15 heavy (non-hydrogen) atoms. The Labute approximate surface area is 95.9 Å². The van der Waals surface area contributed by atoms with Crippen LogP contribution in [0.5, 0.6) is 0 Å². The Kier molecular flexibility index (Phi) is 2.97. The average Bonchev–Trinajstić information content (AvgIpc) is 2.70. The topological polar surface area (TPSA) is 64.9 Å². The minimum atomic E-state index is 0.617.